The largest absolute Gasteiger partial charge is 0.493 e. The second-order valence-corrected chi connectivity index (χ2v) is 8.80. The SMILES string of the molecule is CCNC(=NCCCS(=O)(=O)Cc1ccccc1)Nc1ccc(OCC)c(OC)c1.I. The smallest absolute Gasteiger partial charge is 0.195 e. The molecule has 2 N–H and O–H groups in total. The molecular weight excluding hydrogens is 529 g/mol. The zero-order valence-electron chi connectivity index (χ0n) is 18.3. The van der Waals surface area contributed by atoms with E-state index in [0.717, 1.165) is 11.3 Å². The third kappa shape index (κ3) is 9.77. The molecule has 7 nitrogen and oxygen atoms in total. The van der Waals surface area contributed by atoms with Crippen LogP contribution in [-0.4, -0.2) is 46.9 Å². The quantitative estimate of drug-likeness (QED) is 0.186. The molecule has 0 saturated carbocycles. The second kappa shape index (κ2) is 14.1. The molecule has 0 fully saturated rings. The summed E-state index contributed by atoms with van der Waals surface area (Å²) in [6.45, 7) is 5.53. The maximum Gasteiger partial charge on any atom is 0.195 e. The van der Waals surface area contributed by atoms with Crippen LogP contribution in [0.5, 0.6) is 11.5 Å². The molecule has 2 rings (SSSR count). The molecule has 9 heteroatoms. The monoisotopic (exact) mass is 561 g/mol. The number of aliphatic imine (C=N–C) groups is 1. The van der Waals surface area contributed by atoms with Crippen LogP contribution in [0.15, 0.2) is 53.5 Å². The van der Waals surface area contributed by atoms with E-state index in [9.17, 15) is 8.42 Å². The maximum atomic E-state index is 12.3. The van der Waals surface area contributed by atoms with Crippen molar-refractivity contribution in [2.45, 2.75) is 26.0 Å². The molecule has 0 radical (unpaired) electrons. The van der Waals surface area contributed by atoms with Gasteiger partial charge in [-0.25, -0.2) is 8.42 Å². The van der Waals surface area contributed by atoms with Crippen molar-refractivity contribution >= 4 is 45.5 Å². The summed E-state index contributed by atoms with van der Waals surface area (Å²) in [5.74, 6) is 2.05. The van der Waals surface area contributed by atoms with Crippen LogP contribution in [0, 0.1) is 0 Å². The number of anilines is 1. The molecule has 0 amide bonds. The van der Waals surface area contributed by atoms with Crippen molar-refractivity contribution in [1.29, 1.82) is 0 Å². The minimum Gasteiger partial charge on any atom is -0.493 e. The highest BCUT2D eigenvalue weighted by molar-refractivity contribution is 14.0. The van der Waals surface area contributed by atoms with Crippen molar-refractivity contribution in [2.75, 3.05) is 37.9 Å². The highest BCUT2D eigenvalue weighted by Crippen LogP contribution is 2.30. The molecule has 0 aromatic heterocycles. The van der Waals surface area contributed by atoms with Gasteiger partial charge in [-0.05, 0) is 38.0 Å². The number of ether oxygens (including phenoxy) is 2. The van der Waals surface area contributed by atoms with Gasteiger partial charge >= 0.3 is 0 Å². The molecule has 2 aromatic carbocycles. The molecular formula is C22H32IN3O4S. The molecule has 2 aromatic rings. The van der Waals surface area contributed by atoms with Gasteiger partial charge in [-0.2, -0.15) is 0 Å². The third-order valence-electron chi connectivity index (χ3n) is 4.18. The number of hydrogen-bond acceptors (Lipinski definition) is 5. The molecule has 0 heterocycles. The van der Waals surface area contributed by atoms with E-state index in [1.54, 1.807) is 7.11 Å². The predicted octanol–water partition coefficient (Wildman–Crippen LogP) is 4.09. The minimum atomic E-state index is -3.16. The first-order chi connectivity index (χ1) is 14.5. The normalized spacial score (nSPS) is 11.4. The Kier molecular flexibility index (Phi) is 12.3. The van der Waals surface area contributed by atoms with Crippen molar-refractivity contribution in [3.63, 3.8) is 0 Å². The molecule has 31 heavy (non-hydrogen) atoms. The standard InChI is InChI=1S/C22H31N3O4S.HI/c1-4-23-22(25-19-12-13-20(29-5-2)21(16-19)28-3)24-14-9-15-30(26,27)17-18-10-7-6-8-11-18;/h6-8,10-13,16H,4-5,9,14-15,17H2,1-3H3,(H2,23,24,25);1H. The lowest BCUT2D eigenvalue weighted by Crippen LogP contribution is -2.31. The molecule has 0 spiro atoms. The predicted molar refractivity (Wildman–Crippen MR) is 138 cm³/mol. The minimum absolute atomic E-state index is 0. The van der Waals surface area contributed by atoms with Crippen molar-refractivity contribution in [1.82, 2.24) is 5.32 Å². The van der Waals surface area contributed by atoms with Gasteiger partial charge in [0.2, 0.25) is 0 Å². The van der Waals surface area contributed by atoms with Crippen molar-refractivity contribution < 1.29 is 17.9 Å². The van der Waals surface area contributed by atoms with E-state index in [4.69, 9.17) is 9.47 Å². The summed E-state index contributed by atoms with van der Waals surface area (Å²) in [7, 11) is -1.57. The average Bonchev–Trinajstić information content (AvgIpc) is 2.73. The maximum absolute atomic E-state index is 12.3. The van der Waals surface area contributed by atoms with Crippen LogP contribution < -0.4 is 20.1 Å². The second-order valence-electron chi connectivity index (χ2n) is 6.62. The summed E-state index contributed by atoms with van der Waals surface area (Å²) in [4.78, 5) is 4.49. The fourth-order valence-corrected chi connectivity index (χ4v) is 4.25. The van der Waals surface area contributed by atoms with Crippen molar-refractivity contribution in [3.8, 4) is 11.5 Å². The van der Waals surface area contributed by atoms with E-state index < -0.39 is 9.84 Å². The Bertz CT molecular complexity index is 922. The van der Waals surface area contributed by atoms with Crippen LogP contribution in [0.25, 0.3) is 0 Å². The van der Waals surface area contributed by atoms with Crippen molar-refractivity contribution in [2.24, 2.45) is 4.99 Å². The fourth-order valence-electron chi connectivity index (χ4n) is 2.84. The van der Waals surface area contributed by atoms with Crippen LogP contribution in [-0.2, 0) is 15.6 Å². The van der Waals surface area contributed by atoms with E-state index in [1.165, 1.54) is 0 Å². The number of guanidine groups is 1. The summed E-state index contributed by atoms with van der Waals surface area (Å²) in [5.41, 5.74) is 1.60. The van der Waals surface area contributed by atoms with Crippen LogP contribution in [0.2, 0.25) is 0 Å². The Morgan fingerprint density at radius 3 is 2.45 bits per heavy atom. The number of nitrogens with zero attached hydrogens (tertiary/aromatic N) is 1. The zero-order chi connectivity index (χ0) is 21.8. The van der Waals surface area contributed by atoms with Gasteiger partial charge in [-0.15, -0.1) is 24.0 Å². The van der Waals surface area contributed by atoms with Crippen LogP contribution >= 0.6 is 24.0 Å². The Hall–Kier alpha value is -2.01. The molecule has 0 atom stereocenters. The fraction of sp³-hybridized carbons (Fsp3) is 0.409. The molecule has 172 valence electrons. The van der Waals surface area contributed by atoms with E-state index in [2.05, 4.69) is 15.6 Å². The number of methoxy groups -OCH3 is 1. The number of hydrogen-bond donors (Lipinski definition) is 2. The van der Waals surface area contributed by atoms with E-state index in [-0.39, 0.29) is 35.5 Å². The molecule has 0 aliphatic rings. The summed E-state index contributed by atoms with van der Waals surface area (Å²) in [6.07, 6.45) is 0.457. The highest BCUT2D eigenvalue weighted by Gasteiger charge is 2.12. The summed E-state index contributed by atoms with van der Waals surface area (Å²) >= 11 is 0. The van der Waals surface area contributed by atoms with Gasteiger partial charge in [0.05, 0.1) is 25.2 Å². The topological polar surface area (TPSA) is 89.0 Å². The van der Waals surface area contributed by atoms with Crippen molar-refractivity contribution in [3.05, 3.63) is 54.1 Å². The summed E-state index contributed by atoms with van der Waals surface area (Å²) < 4.78 is 35.5. The van der Waals surface area contributed by atoms with Gasteiger partial charge < -0.3 is 20.1 Å². The first kappa shape index (κ1) is 27.0. The highest BCUT2D eigenvalue weighted by atomic mass is 127. The summed E-state index contributed by atoms with van der Waals surface area (Å²) in [5, 5.41) is 6.38. The lowest BCUT2D eigenvalue weighted by atomic mass is 10.2. The van der Waals surface area contributed by atoms with Gasteiger partial charge in [0.1, 0.15) is 0 Å². The number of rotatable bonds is 11. The van der Waals surface area contributed by atoms with Gasteiger partial charge in [0.15, 0.2) is 27.3 Å². The average molecular weight is 561 g/mol. The van der Waals surface area contributed by atoms with Crippen LogP contribution in [0.4, 0.5) is 5.69 Å². The van der Waals surface area contributed by atoms with Crippen LogP contribution in [0.3, 0.4) is 0 Å². The lowest BCUT2D eigenvalue weighted by Gasteiger charge is -2.14. The van der Waals surface area contributed by atoms with E-state index in [1.807, 2.05) is 62.4 Å². The number of benzene rings is 2. The molecule has 0 saturated heterocycles. The molecule has 0 unspecified atom stereocenters. The third-order valence-corrected chi connectivity index (χ3v) is 5.87. The first-order valence-corrected chi connectivity index (χ1v) is 11.9. The Labute approximate surface area is 202 Å². The Morgan fingerprint density at radius 1 is 1.06 bits per heavy atom. The zero-order valence-corrected chi connectivity index (χ0v) is 21.4. The lowest BCUT2D eigenvalue weighted by molar-refractivity contribution is 0.311. The number of sulfone groups is 1. The van der Waals surface area contributed by atoms with Gasteiger partial charge in [-0.1, -0.05) is 30.3 Å². The van der Waals surface area contributed by atoms with E-state index in [0.29, 0.717) is 43.6 Å². The van der Waals surface area contributed by atoms with Gasteiger partial charge in [-0.3, -0.25) is 4.99 Å². The summed E-state index contributed by atoms with van der Waals surface area (Å²) in [6, 6.07) is 14.8. The molecule has 0 aliphatic carbocycles. The van der Waals surface area contributed by atoms with Crippen LogP contribution in [0.1, 0.15) is 25.8 Å². The Morgan fingerprint density at radius 2 is 1.81 bits per heavy atom. The molecule has 0 bridgehead atoms. The van der Waals surface area contributed by atoms with Gasteiger partial charge in [0, 0.05) is 24.8 Å². The van der Waals surface area contributed by atoms with Gasteiger partial charge in [0.25, 0.3) is 0 Å². The molecule has 0 aliphatic heterocycles. The first-order valence-electron chi connectivity index (χ1n) is 10.1. The Balaban J connectivity index is 0.00000480. The number of halogens is 1. The van der Waals surface area contributed by atoms with E-state index >= 15 is 0 Å². The number of nitrogens with one attached hydrogen (secondary N) is 2.